The third-order valence-electron chi connectivity index (χ3n) is 2.62. The maximum Gasteiger partial charge on any atom is 0.274 e. The third-order valence-corrected chi connectivity index (χ3v) is 3.22. The van der Waals surface area contributed by atoms with Gasteiger partial charge in [-0.25, -0.2) is 4.39 Å². The lowest BCUT2D eigenvalue weighted by Crippen LogP contribution is -2.15. The van der Waals surface area contributed by atoms with Gasteiger partial charge < -0.3 is 10.6 Å². The molecular weight excluding hydrogens is 316 g/mol. The van der Waals surface area contributed by atoms with Gasteiger partial charge in [-0.05, 0) is 31.2 Å². The molecule has 7 heteroatoms. The second-order valence-corrected chi connectivity index (χ2v) is 4.97. The third kappa shape index (κ3) is 3.83. The molecule has 0 aliphatic carbocycles. The van der Waals surface area contributed by atoms with E-state index < -0.39 is 11.7 Å². The standard InChI is InChI=1S/C14H12Cl2FN3O/c1-2-18-9-3-4-19-12(7-9)14(21)20-13-10(15)5-8(17)6-11(13)16/h3-7H,2H2,1H3,(H,18,19)(H,20,21). The molecule has 2 aromatic rings. The summed E-state index contributed by atoms with van der Waals surface area (Å²) in [5.41, 5.74) is 1.12. The van der Waals surface area contributed by atoms with Gasteiger partial charge in [0.1, 0.15) is 11.5 Å². The summed E-state index contributed by atoms with van der Waals surface area (Å²) in [6.45, 7) is 2.67. The molecule has 0 bridgehead atoms. The number of amides is 1. The molecule has 0 radical (unpaired) electrons. The van der Waals surface area contributed by atoms with Crippen LogP contribution in [0, 0.1) is 5.82 Å². The predicted molar refractivity (Wildman–Crippen MR) is 82.8 cm³/mol. The SMILES string of the molecule is CCNc1ccnc(C(=O)Nc2c(Cl)cc(F)cc2Cl)c1. The van der Waals surface area contributed by atoms with Gasteiger partial charge in [-0.15, -0.1) is 0 Å². The predicted octanol–water partition coefficient (Wildman–Crippen LogP) is 4.21. The fraction of sp³-hybridized carbons (Fsp3) is 0.143. The quantitative estimate of drug-likeness (QED) is 0.884. The topological polar surface area (TPSA) is 54.0 Å². The average molecular weight is 328 g/mol. The van der Waals surface area contributed by atoms with E-state index in [4.69, 9.17) is 23.2 Å². The zero-order chi connectivity index (χ0) is 15.4. The summed E-state index contributed by atoms with van der Waals surface area (Å²) in [4.78, 5) is 16.1. The summed E-state index contributed by atoms with van der Waals surface area (Å²) in [6.07, 6.45) is 1.51. The monoisotopic (exact) mass is 327 g/mol. The molecule has 1 aromatic carbocycles. The van der Waals surface area contributed by atoms with E-state index in [-0.39, 0.29) is 21.4 Å². The first-order chi connectivity index (χ1) is 10.0. The van der Waals surface area contributed by atoms with Crippen LogP contribution in [0.3, 0.4) is 0 Å². The van der Waals surface area contributed by atoms with Gasteiger partial charge in [-0.2, -0.15) is 0 Å². The highest BCUT2D eigenvalue weighted by Gasteiger charge is 2.14. The lowest BCUT2D eigenvalue weighted by Gasteiger charge is -2.10. The van der Waals surface area contributed by atoms with E-state index in [1.807, 2.05) is 6.92 Å². The molecule has 0 atom stereocenters. The van der Waals surface area contributed by atoms with E-state index in [0.717, 1.165) is 24.4 Å². The Morgan fingerprint density at radius 2 is 1.95 bits per heavy atom. The number of nitrogens with one attached hydrogen (secondary N) is 2. The summed E-state index contributed by atoms with van der Waals surface area (Å²) in [7, 11) is 0. The number of halogens is 3. The smallest absolute Gasteiger partial charge is 0.274 e. The van der Waals surface area contributed by atoms with Crippen molar-refractivity contribution < 1.29 is 9.18 Å². The Hall–Kier alpha value is -1.85. The molecule has 1 aromatic heterocycles. The van der Waals surface area contributed by atoms with Gasteiger partial charge in [-0.1, -0.05) is 23.2 Å². The number of benzene rings is 1. The van der Waals surface area contributed by atoms with Crippen molar-refractivity contribution in [2.75, 3.05) is 17.2 Å². The summed E-state index contributed by atoms with van der Waals surface area (Å²) < 4.78 is 13.1. The van der Waals surface area contributed by atoms with Crippen molar-refractivity contribution in [2.45, 2.75) is 6.92 Å². The summed E-state index contributed by atoms with van der Waals surface area (Å²) in [5, 5.41) is 5.66. The van der Waals surface area contributed by atoms with Crippen LogP contribution in [0.4, 0.5) is 15.8 Å². The minimum absolute atomic E-state index is 0.0242. The molecule has 0 fully saturated rings. The fourth-order valence-electron chi connectivity index (χ4n) is 1.71. The summed E-state index contributed by atoms with van der Waals surface area (Å²) in [5.74, 6) is -1.06. The normalized spacial score (nSPS) is 10.3. The number of rotatable bonds is 4. The van der Waals surface area contributed by atoms with Gasteiger partial charge in [0.15, 0.2) is 0 Å². The van der Waals surface area contributed by atoms with Gasteiger partial charge >= 0.3 is 0 Å². The molecule has 0 unspecified atom stereocenters. The highest BCUT2D eigenvalue weighted by atomic mass is 35.5. The van der Waals surface area contributed by atoms with Crippen LogP contribution in [0.15, 0.2) is 30.5 Å². The number of aromatic nitrogens is 1. The van der Waals surface area contributed by atoms with Crippen molar-refractivity contribution >= 4 is 40.5 Å². The Morgan fingerprint density at radius 1 is 1.29 bits per heavy atom. The zero-order valence-corrected chi connectivity index (χ0v) is 12.6. The largest absolute Gasteiger partial charge is 0.385 e. The molecule has 4 nitrogen and oxygen atoms in total. The molecule has 2 rings (SSSR count). The maximum atomic E-state index is 13.1. The van der Waals surface area contributed by atoms with E-state index in [1.165, 1.54) is 6.20 Å². The number of carbonyl (C=O) groups excluding carboxylic acids is 1. The molecule has 0 aliphatic rings. The van der Waals surface area contributed by atoms with Crippen LogP contribution in [-0.2, 0) is 0 Å². The van der Waals surface area contributed by atoms with Crippen LogP contribution >= 0.6 is 23.2 Å². The van der Waals surface area contributed by atoms with Gasteiger partial charge in [0.25, 0.3) is 5.91 Å². The number of anilines is 2. The molecule has 0 saturated heterocycles. The lowest BCUT2D eigenvalue weighted by atomic mass is 10.2. The molecule has 110 valence electrons. The van der Waals surface area contributed by atoms with Gasteiger partial charge in [-0.3, -0.25) is 9.78 Å². The first-order valence-electron chi connectivity index (χ1n) is 6.17. The Balaban J connectivity index is 2.24. The number of hydrogen-bond donors (Lipinski definition) is 2. The van der Waals surface area contributed by atoms with Crippen LogP contribution in [-0.4, -0.2) is 17.4 Å². The summed E-state index contributed by atoms with van der Waals surface area (Å²) >= 11 is 11.8. The van der Waals surface area contributed by atoms with E-state index in [9.17, 15) is 9.18 Å². The highest BCUT2D eigenvalue weighted by molar-refractivity contribution is 6.40. The minimum Gasteiger partial charge on any atom is -0.385 e. The Morgan fingerprint density at radius 3 is 2.57 bits per heavy atom. The van der Waals surface area contributed by atoms with Crippen LogP contribution in [0.5, 0.6) is 0 Å². The van der Waals surface area contributed by atoms with Gasteiger partial charge in [0.05, 0.1) is 15.7 Å². The number of pyridine rings is 1. The maximum absolute atomic E-state index is 13.1. The molecule has 2 N–H and O–H groups in total. The van der Waals surface area contributed by atoms with Crippen LogP contribution in [0.2, 0.25) is 10.0 Å². The molecule has 0 spiro atoms. The van der Waals surface area contributed by atoms with Gasteiger partial charge in [0, 0.05) is 18.4 Å². The van der Waals surface area contributed by atoms with Crippen LogP contribution < -0.4 is 10.6 Å². The Bertz CT molecular complexity index is 656. The van der Waals surface area contributed by atoms with Crippen molar-refractivity contribution in [3.63, 3.8) is 0 Å². The number of hydrogen-bond acceptors (Lipinski definition) is 3. The average Bonchev–Trinajstić information content (AvgIpc) is 2.43. The molecule has 0 saturated carbocycles. The second kappa shape index (κ2) is 6.74. The Labute approximate surface area is 131 Å². The van der Waals surface area contributed by atoms with Crippen molar-refractivity contribution in [2.24, 2.45) is 0 Å². The van der Waals surface area contributed by atoms with E-state index >= 15 is 0 Å². The van der Waals surface area contributed by atoms with Crippen molar-refractivity contribution in [3.05, 3.63) is 52.0 Å². The first kappa shape index (κ1) is 15.5. The second-order valence-electron chi connectivity index (χ2n) is 4.16. The minimum atomic E-state index is -0.574. The number of nitrogens with zero attached hydrogens (tertiary/aromatic N) is 1. The van der Waals surface area contributed by atoms with Crippen molar-refractivity contribution in [1.82, 2.24) is 4.98 Å². The van der Waals surface area contributed by atoms with E-state index in [0.29, 0.717) is 0 Å². The molecular formula is C14H12Cl2FN3O. The van der Waals surface area contributed by atoms with Crippen LogP contribution in [0.25, 0.3) is 0 Å². The van der Waals surface area contributed by atoms with Crippen molar-refractivity contribution in [1.29, 1.82) is 0 Å². The molecule has 0 aliphatic heterocycles. The van der Waals surface area contributed by atoms with E-state index in [2.05, 4.69) is 15.6 Å². The molecule has 1 heterocycles. The molecule has 21 heavy (non-hydrogen) atoms. The fourth-order valence-corrected chi connectivity index (χ4v) is 2.26. The van der Waals surface area contributed by atoms with Gasteiger partial charge in [0.2, 0.25) is 0 Å². The highest BCUT2D eigenvalue weighted by Crippen LogP contribution is 2.31. The first-order valence-corrected chi connectivity index (χ1v) is 6.92. The van der Waals surface area contributed by atoms with E-state index in [1.54, 1.807) is 12.1 Å². The Kier molecular flexibility index (Phi) is 4.98. The summed E-state index contributed by atoms with van der Waals surface area (Å²) in [6, 6.07) is 5.50. The van der Waals surface area contributed by atoms with Crippen LogP contribution in [0.1, 0.15) is 17.4 Å². The van der Waals surface area contributed by atoms with Crippen molar-refractivity contribution in [3.8, 4) is 0 Å². The lowest BCUT2D eigenvalue weighted by molar-refractivity contribution is 0.102. The zero-order valence-electron chi connectivity index (χ0n) is 11.1. The molecule has 1 amide bonds. The number of carbonyl (C=O) groups is 1.